The summed E-state index contributed by atoms with van der Waals surface area (Å²) in [5.74, 6) is -0.434. The summed E-state index contributed by atoms with van der Waals surface area (Å²) >= 11 is 5.88. The van der Waals surface area contributed by atoms with Gasteiger partial charge in [0.05, 0.1) is 17.0 Å². The molecule has 2 aromatic carbocycles. The van der Waals surface area contributed by atoms with Crippen LogP contribution in [-0.2, 0) is 24.8 Å². The lowest BCUT2D eigenvalue weighted by molar-refractivity contribution is -0.116. The van der Waals surface area contributed by atoms with Crippen LogP contribution in [0.2, 0.25) is 5.02 Å². The largest absolute Gasteiger partial charge is 0.326 e. The molecular weight excluding hydrogens is 426 g/mol. The number of halogens is 1. The molecule has 1 amide bonds. The number of hydrogen-bond donors (Lipinski definition) is 3. The van der Waals surface area contributed by atoms with E-state index in [1.165, 1.54) is 18.2 Å². The monoisotopic (exact) mass is 445 g/mol. The third kappa shape index (κ3) is 6.48. The van der Waals surface area contributed by atoms with Crippen molar-refractivity contribution in [2.24, 2.45) is 0 Å². The Bertz CT molecular complexity index is 1090. The van der Waals surface area contributed by atoms with Gasteiger partial charge in [0.2, 0.25) is 26.0 Å². The minimum atomic E-state index is -3.83. The van der Waals surface area contributed by atoms with Gasteiger partial charge in [0.25, 0.3) is 0 Å². The first-order valence-electron chi connectivity index (χ1n) is 8.10. The molecule has 0 radical (unpaired) electrons. The Morgan fingerprint density at radius 3 is 2.39 bits per heavy atom. The first-order valence-corrected chi connectivity index (χ1v) is 11.9. The Morgan fingerprint density at radius 2 is 1.75 bits per heavy atom. The van der Waals surface area contributed by atoms with Crippen molar-refractivity contribution >= 4 is 48.9 Å². The number of carbonyl (C=O) groups is 1. The van der Waals surface area contributed by atoms with Gasteiger partial charge in [0, 0.05) is 18.7 Å². The maximum absolute atomic E-state index is 12.2. The Kier molecular flexibility index (Phi) is 7.05. The number of rotatable bonds is 8. The number of carbonyl (C=O) groups excluding carboxylic acids is 1. The topological polar surface area (TPSA) is 121 Å². The van der Waals surface area contributed by atoms with Gasteiger partial charge in [0.15, 0.2) is 0 Å². The minimum Gasteiger partial charge on any atom is -0.326 e. The van der Waals surface area contributed by atoms with Crippen molar-refractivity contribution in [3.63, 3.8) is 0 Å². The molecule has 28 heavy (non-hydrogen) atoms. The molecule has 0 aromatic heterocycles. The van der Waals surface area contributed by atoms with Crippen molar-refractivity contribution in [1.29, 1.82) is 0 Å². The number of benzene rings is 2. The lowest BCUT2D eigenvalue weighted by atomic mass is 10.2. The Labute approximate surface area is 169 Å². The molecule has 0 heterocycles. The zero-order chi connectivity index (χ0) is 20.9. The summed E-state index contributed by atoms with van der Waals surface area (Å²) in [5, 5.41) is 2.69. The molecule has 0 unspecified atom stereocenters. The average molecular weight is 446 g/mol. The zero-order valence-electron chi connectivity index (χ0n) is 15.2. The number of aryl methyl sites for hydroxylation is 1. The summed E-state index contributed by atoms with van der Waals surface area (Å²) < 4.78 is 51.9. The van der Waals surface area contributed by atoms with Crippen LogP contribution in [0, 0.1) is 6.92 Å². The Morgan fingerprint density at radius 1 is 1.07 bits per heavy atom. The zero-order valence-corrected chi connectivity index (χ0v) is 17.6. The molecule has 0 saturated heterocycles. The highest BCUT2D eigenvalue weighted by atomic mass is 35.5. The second kappa shape index (κ2) is 8.91. The quantitative estimate of drug-likeness (QED) is 0.575. The van der Waals surface area contributed by atoms with Crippen LogP contribution >= 0.6 is 11.6 Å². The number of anilines is 2. The first-order chi connectivity index (χ1) is 13.0. The Balaban J connectivity index is 1.96. The van der Waals surface area contributed by atoms with E-state index in [1.807, 2.05) is 0 Å². The molecule has 3 N–H and O–H groups in total. The Hall–Kier alpha value is -2.14. The second-order valence-corrected chi connectivity index (χ2v) is 9.92. The van der Waals surface area contributed by atoms with Crippen LogP contribution in [-0.4, -0.2) is 35.5 Å². The van der Waals surface area contributed by atoms with E-state index < -0.39 is 26.0 Å². The molecule has 0 aliphatic carbocycles. The van der Waals surface area contributed by atoms with E-state index in [0.717, 1.165) is 6.26 Å². The number of hydrogen-bond acceptors (Lipinski definition) is 5. The van der Waals surface area contributed by atoms with Crippen LogP contribution in [0.5, 0.6) is 0 Å². The lowest BCUT2D eigenvalue weighted by Gasteiger charge is -2.11. The van der Waals surface area contributed by atoms with Gasteiger partial charge in [0.1, 0.15) is 4.90 Å². The molecule has 0 aliphatic heterocycles. The van der Waals surface area contributed by atoms with Gasteiger partial charge in [-0.1, -0.05) is 29.8 Å². The van der Waals surface area contributed by atoms with E-state index in [2.05, 4.69) is 14.8 Å². The van der Waals surface area contributed by atoms with Crippen LogP contribution in [0.25, 0.3) is 0 Å². The predicted molar refractivity (Wildman–Crippen MR) is 110 cm³/mol. The summed E-state index contributed by atoms with van der Waals surface area (Å²) in [7, 11) is -7.29. The van der Waals surface area contributed by atoms with Gasteiger partial charge < -0.3 is 5.32 Å². The van der Waals surface area contributed by atoms with E-state index in [0.29, 0.717) is 16.9 Å². The number of amides is 1. The molecule has 0 spiro atoms. The molecular formula is C17H20ClN3O5S2. The highest BCUT2D eigenvalue weighted by Crippen LogP contribution is 2.22. The molecule has 0 atom stereocenters. The third-order valence-electron chi connectivity index (χ3n) is 3.59. The van der Waals surface area contributed by atoms with E-state index in [-0.39, 0.29) is 22.9 Å². The molecule has 152 valence electrons. The predicted octanol–water partition coefficient (Wildman–Crippen LogP) is 2.33. The van der Waals surface area contributed by atoms with Gasteiger partial charge in [-0.05, 0) is 36.8 Å². The summed E-state index contributed by atoms with van der Waals surface area (Å²) in [6.45, 7) is 1.60. The van der Waals surface area contributed by atoms with E-state index in [4.69, 9.17) is 11.6 Å². The number of nitrogens with one attached hydrogen (secondary N) is 3. The molecule has 2 aromatic rings. The summed E-state index contributed by atoms with van der Waals surface area (Å²) in [5.41, 5.74) is 1.42. The molecule has 0 fully saturated rings. The van der Waals surface area contributed by atoms with Crippen LogP contribution < -0.4 is 14.8 Å². The fraction of sp³-hybridized carbons (Fsp3) is 0.235. The highest BCUT2D eigenvalue weighted by molar-refractivity contribution is 7.92. The second-order valence-electron chi connectivity index (χ2n) is 6.03. The molecule has 2 rings (SSSR count). The SMILES string of the molecule is Cc1ccc(NC(=O)CCNS(=O)(=O)c2ccccc2Cl)cc1NS(C)(=O)=O. The average Bonchev–Trinajstić information content (AvgIpc) is 2.56. The number of sulfonamides is 2. The van der Waals surface area contributed by atoms with Crippen molar-refractivity contribution in [2.75, 3.05) is 22.8 Å². The molecule has 11 heteroatoms. The summed E-state index contributed by atoms with van der Waals surface area (Å²) in [4.78, 5) is 12.0. The fourth-order valence-corrected chi connectivity index (χ4v) is 4.44. The van der Waals surface area contributed by atoms with Crippen molar-refractivity contribution in [3.05, 3.63) is 53.1 Å². The van der Waals surface area contributed by atoms with E-state index in [1.54, 1.807) is 31.2 Å². The van der Waals surface area contributed by atoms with Crippen LogP contribution in [0.1, 0.15) is 12.0 Å². The van der Waals surface area contributed by atoms with Crippen molar-refractivity contribution in [1.82, 2.24) is 4.72 Å². The van der Waals surface area contributed by atoms with Gasteiger partial charge in [-0.3, -0.25) is 9.52 Å². The third-order valence-corrected chi connectivity index (χ3v) is 6.14. The molecule has 0 saturated carbocycles. The van der Waals surface area contributed by atoms with Crippen molar-refractivity contribution in [3.8, 4) is 0 Å². The summed E-state index contributed by atoms with van der Waals surface area (Å²) in [6, 6.07) is 10.8. The van der Waals surface area contributed by atoms with Gasteiger partial charge in [-0.15, -0.1) is 0 Å². The van der Waals surface area contributed by atoms with Crippen LogP contribution in [0.15, 0.2) is 47.4 Å². The smallest absolute Gasteiger partial charge is 0.242 e. The summed E-state index contributed by atoms with van der Waals surface area (Å²) in [6.07, 6.45) is 0.912. The highest BCUT2D eigenvalue weighted by Gasteiger charge is 2.17. The molecule has 0 bridgehead atoms. The van der Waals surface area contributed by atoms with Gasteiger partial charge in [-0.25, -0.2) is 21.6 Å². The molecule has 0 aliphatic rings. The van der Waals surface area contributed by atoms with Crippen molar-refractivity contribution in [2.45, 2.75) is 18.2 Å². The van der Waals surface area contributed by atoms with E-state index >= 15 is 0 Å². The maximum atomic E-state index is 12.2. The van der Waals surface area contributed by atoms with Gasteiger partial charge >= 0.3 is 0 Å². The maximum Gasteiger partial charge on any atom is 0.242 e. The van der Waals surface area contributed by atoms with Crippen LogP contribution in [0.4, 0.5) is 11.4 Å². The lowest BCUT2D eigenvalue weighted by Crippen LogP contribution is -2.28. The van der Waals surface area contributed by atoms with Gasteiger partial charge in [-0.2, -0.15) is 0 Å². The van der Waals surface area contributed by atoms with E-state index in [9.17, 15) is 21.6 Å². The first kappa shape index (κ1) is 22.2. The normalized spacial score (nSPS) is 11.8. The molecule has 8 nitrogen and oxygen atoms in total. The standard InChI is InChI=1S/C17H20ClN3O5S2/c1-12-7-8-13(11-15(12)21-27(2,23)24)20-17(22)9-10-19-28(25,26)16-6-4-3-5-14(16)18/h3-8,11,19,21H,9-10H2,1-2H3,(H,20,22). The fourth-order valence-electron chi connectivity index (χ4n) is 2.27. The van der Waals surface area contributed by atoms with Crippen LogP contribution in [0.3, 0.4) is 0 Å². The minimum absolute atomic E-state index is 0.0629. The van der Waals surface area contributed by atoms with Crippen molar-refractivity contribution < 1.29 is 21.6 Å².